The van der Waals surface area contributed by atoms with E-state index in [4.69, 9.17) is 9.47 Å². The van der Waals surface area contributed by atoms with Crippen LogP contribution in [0, 0.1) is 56.7 Å². The molecular weight excluding hydrogens is 645 g/mol. The molecule has 6 nitrogen and oxygen atoms in total. The number of nitrogens with zero attached hydrogens (tertiary/aromatic N) is 2. The summed E-state index contributed by atoms with van der Waals surface area (Å²) in [5, 5.41) is 0. The third-order valence-electron chi connectivity index (χ3n) is 17.3. The SMILES string of the molecule is C=C(C)C1CC[C@]2(COC(=O)C(C)[N+]3=CC=CCC3)CC[C@]3(C)C(CCC4[C@@]5(C)CC[C@H](OC(=O)C(C)[n+]6ccccc6)C(C)(C)C5CC[C@]43C)C12. The molecule has 7 unspecified atom stereocenters. The lowest BCUT2D eigenvalue weighted by Gasteiger charge is -2.73. The van der Waals surface area contributed by atoms with E-state index in [9.17, 15) is 9.59 Å². The Balaban J connectivity index is 1.11. The molecule has 0 aromatic carbocycles. The average molecular weight is 713 g/mol. The van der Waals surface area contributed by atoms with Gasteiger partial charge in [0.25, 0.3) is 6.04 Å². The second-order valence-corrected chi connectivity index (χ2v) is 19.7. The second kappa shape index (κ2) is 13.5. The first-order valence-corrected chi connectivity index (χ1v) is 20.8. The Morgan fingerprint density at radius 2 is 1.58 bits per heavy atom. The van der Waals surface area contributed by atoms with E-state index >= 15 is 0 Å². The lowest BCUT2D eigenvalue weighted by atomic mass is 9.32. The van der Waals surface area contributed by atoms with Gasteiger partial charge in [0.2, 0.25) is 6.04 Å². The number of pyridine rings is 1. The monoisotopic (exact) mass is 713 g/mol. The van der Waals surface area contributed by atoms with Gasteiger partial charge in [-0.1, -0.05) is 58.9 Å². The van der Waals surface area contributed by atoms with Gasteiger partial charge in [-0.15, -0.1) is 0 Å². The molecule has 0 bridgehead atoms. The Hall–Kier alpha value is -2.76. The average Bonchev–Trinajstić information content (AvgIpc) is 3.52. The zero-order chi connectivity index (χ0) is 37.3. The first-order valence-electron chi connectivity index (χ1n) is 20.8. The normalized spacial score (nSPS) is 41.6. The topological polar surface area (TPSA) is 59.5 Å². The van der Waals surface area contributed by atoms with Crippen molar-refractivity contribution in [2.24, 2.45) is 56.7 Å². The number of carbonyl (C=O) groups is 2. The van der Waals surface area contributed by atoms with Gasteiger partial charge in [-0.05, 0) is 123 Å². The molecule has 7 rings (SSSR count). The summed E-state index contributed by atoms with van der Waals surface area (Å²) < 4.78 is 16.9. The number of aromatic nitrogens is 1. The maximum atomic E-state index is 13.5. The van der Waals surface area contributed by atoms with Crippen molar-refractivity contribution in [2.75, 3.05) is 13.2 Å². The Morgan fingerprint density at radius 1 is 0.827 bits per heavy atom. The van der Waals surface area contributed by atoms with E-state index in [1.165, 1.54) is 44.1 Å². The van der Waals surface area contributed by atoms with Crippen molar-refractivity contribution >= 4 is 18.2 Å². The molecule has 0 N–H and O–H groups in total. The lowest BCUT2D eigenvalue weighted by Crippen LogP contribution is -2.67. The Bertz CT molecular complexity index is 1610. The third-order valence-corrected chi connectivity index (χ3v) is 17.3. The van der Waals surface area contributed by atoms with Crippen LogP contribution >= 0.6 is 0 Å². The van der Waals surface area contributed by atoms with E-state index in [2.05, 4.69) is 64.8 Å². The van der Waals surface area contributed by atoms with E-state index in [1.54, 1.807) is 0 Å². The van der Waals surface area contributed by atoms with Gasteiger partial charge in [0, 0.05) is 43.2 Å². The van der Waals surface area contributed by atoms with E-state index in [0.29, 0.717) is 36.2 Å². The van der Waals surface area contributed by atoms with Crippen LogP contribution in [0.5, 0.6) is 0 Å². The molecule has 1 aromatic rings. The Labute approximate surface area is 314 Å². The number of allylic oxidation sites excluding steroid dienone is 2. The van der Waals surface area contributed by atoms with Crippen LogP contribution in [0.4, 0.5) is 0 Å². The molecule has 5 fully saturated rings. The van der Waals surface area contributed by atoms with E-state index in [-0.39, 0.29) is 57.2 Å². The van der Waals surface area contributed by atoms with Gasteiger partial charge >= 0.3 is 11.9 Å². The number of carbonyl (C=O) groups excluding carboxylic acids is 2. The van der Waals surface area contributed by atoms with Crippen LogP contribution < -0.4 is 4.57 Å². The van der Waals surface area contributed by atoms with Crippen molar-refractivity contribution in [1.82, 2.24) is 0 Å². The fourth-order valence-electron chi connectivity index (χ4n) is 14.1. The molecule has 6 aliphatic rings. The van der Waals surface area contributed by atoms with Crippen LogP contribution in [0.25, 0.3) is 0 Å². The minimum atomic E-state index is -0.343. The maximum absolute atomic E-state index is 13.5. The molecular formula is C46H68N2O4+2. The lowest BCUT2D eigenvalue weighted by molar-refractivity contribution is -0.707. The van der Waals surface area contributed by atoms with E-state index in [0.717, 1.165) is 38.6 Å². The summed E-state index contributed by atoms with van der Waals surface area (Å²) in [7, 11) is 0. The highest BCUT2D eigenvalue weighted by molar-refractivity contribution is 5.76. The molecule has 0 amide bonds. The largest absolute Gasteiger partial charge is 0.460 e. The molecule has 52 heavy (non-hydrogen) atoms. The quantitative estimate of drug-likeness (QED) is 0.153. The highest BCUT2D eigenvalue weighted by Crippen LogP contribution is 2.77. The molecule has 6 heteroatoms. The second-order valence-electron chi connectivity index (χ2n) is 19.7. The summed E-state index contributed by atoms with van der Waals surface area (Å²) in [6.07, 6.45) is 22.7. The summed E-state index contributed by atoms with van der Waals surface area (Å²) in [4.78, 5) is 27.0. The summed E-state index contributed by atoms with van der Waals surface area (Å²) in [5.41, 5.74) is 1.93. The minimum Gasteiger partial charge on any atom is -0.460 e. The van der Waals surface area contributed by atoms with Gasteiger partial charge in [0.1, 0.15) is 12.6 Å². The van der Waals surface area contributed by atoms with E-state index in [1.807, 2.05) is 55.2 Å². The molecule has 1 aromatic heterocycles. The molecule has 12 atom stereocenters. The number of fused-ring (bicyclic) bond motifs is 7. The van der Waals surface area contributed by atoms with Crippen molar-refractivity contribution in [1.29, 1.82) is 0 Å². The summed E-state index contributed by atoms with van der Waals surface area (Å²) in [6, 6.07) is 5.31. The number of ether oxygens (including phenoxy) is 2. The molecule has 1 aliphatic heterocycles. The number of hydrogen-bond donors (Lipinski definition) is 0. The summed E-state index contributed by atoms with van der Waals surface area (Å²) in [6.45, 7) is 25.0. The van der Waals surface area contributed by atoms with Crippen LogP contribution in [0.1, 0.15) is 132 Å². The number of hydrogen-bond acceptors (Lipinski definition) is 4. The molecule has 284 valence electrons. The Kier molecular flexibility index (Phi) is 9.76. The van der Waals surface area contributed by atoms with Crippen molar-refractivity contribution in [3.8, 4) is 0 Å². The van der Waals surface area contributed by atoms with Gasteiger partial charge in [-0.25, -0.2) is 14.2 Å². The third kappa shape index (κ3) is 5.78. The van der Waals surface area contributed by atoms with Crippen molar-refractivity contribution < 1.29 is 28.2 Å². The maximum Gasteiger partial charge on any atom is 0.375 e. The number of esters is 2. The van der Waals surface area contributed by atoms with Gasteiger partial charge < -0.3 is 9.47 Å². The molecule has 5 saturated carbocycles. The molecule has 0 saturated heterocycles. The predicted octanol–water partition coefficient (Wildman–Crippen LogP) is 9.08. The molecule has 2 heterocycles. The van der Waals surface area contributed by atoms with Crippen LogP contribution in [0.3, 0.4) is 0 Å². The molecule has 5 aliphatic carbocycles. The van der Waals surface area contributed by atoms with Gasteiger partial charge in [-0.3, -0.25) is 0 Å². The van der Waals surface area contributed by atoms with Crippen molar-refractivity contribution in [3.63, 3.8) is 0 Å². The van der Waals surface area contributed by atoms with Crippen molar-refractivity contribution in [2.45, 2.75) is 144 Å². The van der Waals surface area contributed by atoms with Crippen LogP contribution in [0.2, 0.25) is 0 Å². The highest BCUT2D eigenvalue weighted by atomic mass is 16.5. The minimum absolute atomic E-state index is 0.0398. The van der Waals surface area contributed by atoms with E-state index < -0.39 is 0 Å². The predicted molar refractivity (Wildman–Crippen MR) is 206 cm³/mol. The standard InChI is InChI=1S/C46H68N2O4/c1-31(2)34-18-23-46(30-51-40(49)32(3)47-26-12-10-13-27-47)25-24-44(8)35(39(34)46)16-17-37-43(7)21-20-38(42(5,6)36(43)19-22-45(37,44)9)52-41(50)33(4)48-28-14-11-15-29-48/h10-12,14-15,26,28-29,32-39H,1,13,16-25,27,30H2,2-9H3/q+2/t32?,33?,34?,35?,36?,37?,38-,39?,43-,44+,45+,46+/m0/s1. The number of rotatable bonds is 8. The first-order chi connectivity index (χ1) is 24.6. The zero-order valence-corrected chi connectivity index (χ0v) is 33.7. The van der Waals surface area contributed by atoms with Crippen LogP contribution in [-0.4, -0.2) is 48.0 Å². The van der Waals surface area contributed by atoms with Gasteiger partial charge in [-0.2, -0.15) is 4.57 Å². The van der Waals surface area contributed by atoms with Gasteiger partial charge in [0.05, 0.1) is 6.61 Å². The summed E-state index contributed by atoms with van der Waals surface area (Å²) in [5.74, 6) is 2.56. The van der Waals surface area contributed by atoms with Crippen LogP contribution in [0.15, 0.2) is 54.9 Å². The van der Waals surface area contributed by atoms with Crippen molar-refractivity contribution in [3.05, 3.63) is 54.9 Å². The smallest absolute Gasteiger partial charge is 0.375 e. The first kappa shape index (κ1) is 37.6. The fraction of sp³-hybridized carbons (Fsp3) is 0.739. The van der Waals surface area contributed by atoms with Gasteiger partial charge in [0.15, 0.2) is 18.6 Å². The van der Waals surface area contributed by atoms with Crippen LogP contribution in [-0.2, 0) is 19.1 Å². The summed E-state index contributed by atoms with van der Waals surface area (Å²) >= 11 is 0. The highest BCUT2D eigenvalue weighted by Gasteiger charge is 2.71. The molecule has 0 spiro atoms. The Morgan fingerprint density at radius 3 is 2.27 bits per heavy atom. The molecule has 0 radical (unpaired) electrons. The fourth-order valence-corrected chi connectivity index (χ4v) is 14.1. The zero-order valence-electron chi connectivity index (χ0n) is 33.7.